The molecule has 0 heterocycles. The molecule has 2 unspecified atom stereocenters. The predicted molar refractivity (Wildman–Crippen MR) is 125 cm³/mol. The molecule has 2 atom stereocenters. The summed E-state index contributed by atoms with van der Waals surface area (Å²) in [6.45, 7) is 16.7. The number of alkyl halides is 1. The maximum atomic E-state index is 6.03. The highest BCUT2D eigenvalue weighted by Crippen LogP contribution is 2.36. The van der Waals surface area contributed by atoms with Crippen molar-refractivity contribution in [2.24, 2.45) is 11.8 Å². The van der Waals surface area contributed by atoms with Crippen LogP contribution < -0.4 is 9.47 Å². The number of halogens is 1. The van der Waals surface area contributed by atoms with Crippen LogP contribution in [0.5, 0.6) is 11.5 Å². The summed E-state index contributed by atoms with van der Waals surface area (Å²) in [4.78, 5) is 0. The second-order valence-corrected chi connectivity index (χ2v) is 9.29. The lowest BCUT2D eigenvalue weighted by molar-refractivity contribution is 0.255. The number of benzene rings is 2. The van der Waals surface area contributed by atoms with Crippen LogP contribution in [0.3, 0.4) is 0 Å². The van der Waals surface area contributed by atoms with Gasteiger partial charge in [-0.25, -0.2) is 0 Å². The summed E-state index contributed by atoms with van der Waals surface area (Å²) in [7, 11) is 0. The van der Waals surface area contributed by atoms with Gasteiger partial charge in [-0.05, 0) is 54.2 Å². The zero-order valence-corrected chi connectivity index (χ0v) is 19.9. The van der Waals surface area contributed by atoms with Crippen LogP contribution in [0.2, 0.25) is 0 Å². The summed E-state index contributed by atoms with van der Waals surface area (Å²) in [6.07, 6.45) is 1.13. The van der Waals surface area contributed by atoms with Gasteiger partial charge in [0.05, 0.1) is 13.2 Å². The van der Waals surface area contributed by atoms with Crippen LogP contribution in [0.4, 0.5) is 0 Å². The summed E-state index contributed by atoms with van der Waals surface area (Å²) < 4.78 is 12.0. The van der Waals surface area contributed by atoms with E-state index in [0.29, 0.717) is 24.3 Å². The molecule has 2 nitrogen and oxygen atoms in total. The minimum Gasteiger partial charge on any atom is -0.493 e. The molecule has 0 fully saturated rings. The van der Waals surface area contributed by atoms with E-state index in [1.54, 1.807) is 0 Å². The smallest absolute Gasteiger partial charge is 0.122 e. The molecule has 0 spiro atoms. The van der Waals surface area contributed by atoms with Crippen molar-refractivity contribution in [3.8, 4) is 11.5 Å². The highest BCUT2D eigenvalue weighted by molar-refractivity contribution is 6.18. The Morgan fingerprint density at radius 3 is 1.66 bits per heavy atom. The first-order valence-corrected chi connectivity index (χ1v) is 11.3. The van der Waals surface area contributed by atoms with E-state index in [1.165, 1.54) is 16.7 Å². The monoisotopic (exact) mass is 416 g/mol. The molecule has 0 saturated heterocycles. The van der Waals surface area contributed by atoms with E-state index >= 15 is 0 Å². The Balaban J connectivity index is 2.19. The van der Waals surface area contributed by atoms with Gasteiger partial charge in [-0.3, -0.25) is 0 Å². The maximum Gasteiger partial charge on any atom is 0.122 e. The summed E-state index contributed by atoms with van der Waals surface area (Å²) in [6, 6.07) is 13.1. The summed E-state index contributed by atoms with van der Waals surface area (Å²) in [5.41, 5.74) is 4.80. The van der Waals surface area contributed by atoms with Crippen molar-refractivity contribution in [2.45, 2.75) is 60.3 Å². The zero-order valence-electron chi connectivity index (χ0n) is 19.1. The quantitative estimate of drug-likeness (QED) is 0.378. The SMILES string of the molecule is CCC(C)COc1ccc(C(C)(C)c2ccc(OCC(C)CCl)c(C)c2)cc1C. The van der Waals surface area contributed by atoms with Crippen LogP contribution in [-0.2, 0) is 5.41 Å². The van der Waals surface area contributed by atoms with Crippen molar-refractivity contribution >= 4 is 11.6 Å². The second-order valence-electron chi connectivity index (χ2n) is 8.98. The highest BCUT2D eigenvalue weighted by atomic mass is 35.5. The van der Waals surface area contributed by atoms with Crippen LogP contribution in [0.25, 0.3) is 0 Å². The van der Waals surface area contributed by atoms with E-state index in [1.807, 2.05) is 0 Å². The molecule has 0 aliphatic rings. The van der Waals surface area contributed by atoms with Gasteiger partial charge in [0.15, 0.2) is 0 Å². The number of hydrogen-bond donors (Lipinski definition) is 0. The lowest BCUT2D eigenvalue weighted by Crippen LogP contribution is -2.20. The summed E-state index contributed by atoms with van der Waals surface area (Å²) in [5.74, 6) is 3.45. The van der Waals surface area contributed by atoms with Gasteiger partial charge in [0.2, 0.25) is 0 Å². The third kappa shape index (κ3) is 6.15. The average molecular weight is 417 g/mol. The van der Waals surface area contributed by atoms with Crippen molar-refractivity contribution in [3.63, 3.8) is 0 Å². The molecule has 0 bridgehead atoms. The molecule has 0 aliphatic carbocycles. The van der Waals surface area contributed by atoms with Crippen molar-refractivity contribution < 1.29 is 9.47 Å². The third-order valence-electron chi connectivity index (χ3n) is 5.80. The van der Waals surface area contributed by atoms with E-state index in [-0.39, 0.29) is 5.41 Å². The molecule has 160 valence electrons. The predicted octanol–water partition coefficient (Wildman–Crippen LogP) is 7.31. The molecule has 2 aromatic rings. The van der Waals surface area contributed by atoms with E-state index in [2.05, 4.69) is 84.9 Å². The van der Waals surface area contributed by atoms with Gasteiger partial charge in [-0.1, -0.05) is 65.3 Å². The Labute approximate surface area is 182 Å². The normalized spacial score (nSPS) is 13.8. The molecule has 29 heavy (non-hydrogen) atoms. The fourth-order valence-electron chi connectivity index (χ4n) is 3.19. The first kappa shape index (κ1) is 23.6. The Morgan fingerprint density at radius 1 is 0.828 bits per heavy atom. The average Bonchev–Trinajstić information content (AvgIpc) is 2.71. The molecule has 0 N–H and O–H groups in total. The van der Waals surface area contributed by atoms with Crippen LogP contribution >= 0.6 is 11.6 Å². The summed E-state index contributed by atoms with van der Waals surface area (Å²) in [5, 5.41) is 0. The number of hydrogen-bond acceptors (Lipinski definition) is 2. The first-order chi connectivity index (χ1) is 13.7. The van der Waals surface area contributed by atoms with Gasteiger partial charge >= 0.3 is 0 Å². The minimum atomic E-state index is -0.104. The number of rotatable bonds is 10. The second kappa shape index (κ2) is 10.4. The Morgan fingerprint density at radius 2 is 1.28 bits per heavy atom. The highest BCUT2D eigenvalue weighted by Gasteiger charge is 2.24. The number of aryl methyl sites for hydroxylation is 2. The van der Waals surface area contributed by atoms with E-state index in [9.17, 15) is 0 Å². The molecule has 0 aliphatic heterocycles. The number of ether oxygens (including phenoxy) is 2. The van der Waals surface area contributed by atoms with E-state index in [0.717, 1.165) is 30.1 Å². The molecule has 0 aromatic heterocycles. The minimum absolute atomic E-state index is 0.104. The van der Waals surface area contributed by atoms with Gasteiger partial charge in [0.1, 0.15) is 11.5 Å². The third-order valence-corrected chi connectivity index (χ3v) is 6.33. The van der Waals surface area contributed by atoms with Gasteiger partial charge in [0.25, 0.3) is 0 Å². The molecule has 0 amide bonds. The Kier molecular flexibility index (Phi) is 8.46. The maximum absolute atomic E-state index is 6.03. The van der Waals surface area contributed by atoms with Crippen molar-refractivity contribution in [2.75, 3.05) is 19.1 Å². The largest absolute Gasteiger partial charge is 0.493 e. The summed E-state index contributed by atoms with van der Waals surface area (Å²) >= 11 is 5.89. The Bertz CT molecular complexity index is 732. The zero-order chi connectivity index (χ0) is 21.6. The van der Waals surface area contributed by atoms with Crippen molar-refractivity contribution in [1.82, 2.24) is 0 Å². The van der Waals surface area contributed by atoms with Gasteiger partial charge < -0.3 is 9.47 Å². The Hall–Kier alpha value is -1.67. The molecular weight excluding hydrogens is 380 g/mol. The van der Waals surface area contributed by atoms with Crippen LogP contribution in [-0.4, -0.2) is 19.1 Å². The lowest BCUT2D eigenvalue weighted by Gasteiger charge is -2.28. The lowest BCUT2D eigenvalue weighted by atomic mass is 9.77. The van der Waals surface area contributed by atoms with E-state index < -0.39 is 0 Å². The van der Waals surface area contributed by atoms with Crippen molar-refractivity contribution in [1.29, 1.82) is 0 Å². The molecule has 3 heteroatoms. The fourth-order valence-corrected chi connectivity index (χ4v) is 3.28. The van der Waals surface area contributed by atoms with Crippen LogP contribution in [0.1, 0.15) is 63.3 Å². The molecular formula is C26H37ClO2. The molecule has 0 saturated carbocycles. The topological polar surface area (TPSA) is 18.5 Å². The van der Waals surface area contributed by atoms with Crippen LogP contribution in [0, 0.1) is 25.7 Å². The van der Waals surface area contributed by atoms with Gasteiger partial charge in [-0.2, -0.15) is 0 Å². The fraction of sp³-hybridized carbons (Fsp3) is 0.538. The van der Waals surface area contributed by atoms with Gasteiger partial charge in [-0.15, -0.1) is 11.6 Å². The van der Waals surface area contributed by atoms with E-state index in [4.69, 9.17) is 21.1 Å². The first-order valence-electron chi connectivity index (χ1n) is 10.7. The molecule has 2 rings (SSSR count). The molecule has 0 radical (unpaired) electrons. The molecule has 2 aromatic carbocycles. The van der Waals surface area contributed by atoms with Crippen molar-refractivity contribution in [3.05, 3.63) is 58.7 Å². The standard InChI is InChI=1S/C26H37ClO2/c1-8-18(2)16-28-24-11-9-22(13-20(24)4)26(6,7)23-10-12-25(21(5)14-23)29-17-19(3)15-27/h9-14,18-19H,8,15-17H2,1-7H3. The van der Waals surface area contributed by atoms with Crippen LogP contribution in [0.15, 0.2) is 36.4 Å². The van der Waals surface area contributed by atoms with Gasteiger partial charge in [0, 0.05) is 17.2 Å².